The number of carbonyl (C=O) groups is 1. The van der Waals surface area contributed by atoms with Gasteiger partial charge in [-0.1, -0.05) is 41.9 Å². The molecule has 0 aliphatic carbocycles. The molecule has 0 saturated carbocycles. The predicted octanol–water partition coefficient (Wildman–Crippen LogP) is 4.14. The highest BCUT2D eigenvalue weighted by Crippen LogP contribution is 2.13. The third-order valence-electron chi connectivity index (χ3n) is 3.42. The molecule has 0 N–H and O–H groups in total. The molecule has 0 saturated heterocycles. The third-order valence-corrected chi connectivity index (χ3v) is 3.95. The molecule has 0 aliphatic rings. The maximum absolute atomic E-state index is 12.0. The van der Waals surface area contributed by atoms with Gasteiger partial charge in [0.1, 0.15) is 0 Å². The molecule has 0 atom stereocenters. The minimum atomic E-state index is 0.223. The maximum Gasteiger partial charge on any atom is 0.164 e. The van der Waals surface area contributed by atoms with Crippen molar-refractivity contribution in [2.24, 2.45) is 0 Å². The minimum Gasteiger partial charge on any atom is -0.303 e. The van der Waals surface area contributed by atoms with Gasteiger partial charge >= 0.3 is 0 Å². The molecular weight excluding hydrogens is 290 g/mol. The second kappa shape index (κ2) is 7.70. The Hall–Kier alpha value is -0.670. The highest BCUT2D eigenvalue weighted by atomic mass is 79.9. The van der Waals surface area contributed by atoms with Gasteiger partial charge in [-0.3, -0.25) is 4.79 Å². The van der Waals surface area contributed by atoms with Gasteiger partial charge < -0.3 is 4.90 Å². The van der Waals surface area contributed by atoms with Crippen molar-refractivity contribution in [1.82, 2.24) is 4.90 Å². The smallest absolute Gasteiger partial charge is 0.164 e. The van der Waals surface area contributed by atoms with E-state index in [2.05, 4.69) is 41.7 Å². The number of halogens is 1. The van der Waals surface area contributed by atoms with E-state index in [9.17, 15) is 4.79 Å². The van der Waals surface area contributed by atoms with Crippen LogP contribution in [0.5, 0.6) is 0 Å². The van der Waals surface area contributed by atoms with E-state index in [0.29, 0.717) is 12.5 Å². The molecule has 0 amide bonds. The molecule has 0 aliphatic heterocycles. The molecule has 1 aromatic rings. The van der Waals surface area contributed by atoms with E-state index < -0.39 is 0 Å². The summed E-state index contributed by atoms with van der Waals surface area (Å²) >= 11 is 3.37. The van der Waals surface area contributed by atoms with Crippen LogP contribution >= 0.6 is 15.9 Å². The first-order valence-corrected chi connectivity index (χ1v) is 7.36. The van der Waals surface area contributed by atoms with Crippen LogP contribution in [0.2, 0.25) is 0 Å². The van der Waals surface area contributed by atoms with Crippen molar-refractivity contribution in [2.75, 3.05) is 13.6 Å². The van der Waals surface area contributed by atoms with Crippen molar-refractivity contribution in [1.29, 1.82) is 0 Å². The summed E-state index contributed by atoms with van der Waals surface area (Å²) in [4.78, 5) is 14.3. The molecule has 0 fully saturated rings. The molecule has 18 heavy (non-hydrogen) atoms. The van der Waals surface area contributed by atoms with Crippen LogP contribution in [-0.2, 0) is 0 Å². The summed E-state index contributed by atoms with van der Waals surface area (Å²) in [6.45, 7) is 5.23. The van der Waals surface area contributed by atoms with Crippen LogP contribution in [-0.4, -0.2) is 30.3 Å². The van der Waals surface area contributed by atoms with Crippen LogP contribution in [0, 0.1) is 0 Å². The monoisotopic (exact) mass is 311 g/mol. The first-order chi connectivity index (χ1) is 8.58. The van der Waals surface area contributed by atoms with Crippen molar-refractivity contribution in [3.63, 3.8) is 0 Å². The molecule has 1 aromatic carbocycles. The van der Waals surface area contributed by atoms with Crippen LogP contribution in [0.25, 0.3) is 0 Å². The van der Waals surface area contributed by atoms with Crippen molar-refractivity contribution < 1.29 is 4.79 Å². The van der Waals surface area contributed by atoms with Crippen molar-refractivity contribution >= 4 is 21.7 Å². The second-order valence-corrected chi connectivity index (χ2v) is 5.55. The third kappa shape index (κ3) is 4.54. The quantitative estimate of drug-likeness (QED) is 0.705. The first-order valence-electron chi connectivity index (χ1n) is 6.57. The number of rotatable bonds is 7. The molecule has 0 unspecified atom stereocenters. The van der Waals surface area contributed by atoms with Crippen LogP contribution in [0.4, 0.5) is 0 Å². The number of ketones is 1. The lowest BCUT2D eigenvalue weighted by atomic mass is 10.1. The summed E-state index contributed by atoms with van der Waals surface area (Å²) in [6.07, 6.45) is 2.87. The lowest BCUT2D eigenvalue weighted by Crippen LogP contribution is -2.32. The Morgan fingerprint density at radius 1 is 1.22 bits per heavy atom. The fourth-order valence-corrected chi connectivity index (χ4v) is 2.42. The Balaban J connectivity index is 2.48. The largest absolute Gasteiger partial charge is 0.303 e. The van der Waals surface area contributed by atoms with Gasteiger partial charge in [-0.25, -0.2) is 0 Å². The predicted molar refractivity (Wildman–Crippen MR) is 80.1 cm³/mol. The number of hydrogen-bond donors (Lipinski definition) is 0. The van der Waals surface area contributed by atoms with E-state index in [1.807, 2.05) is 24.3 Å². The van der Waals surface area contributed by atoms with E-state index >= 15 is 0 Å². The van der Waals surface area contributed by atoms with Gasteiger partial charge in [-0.2, -0.15) is 0 Å². The molecule has 2 nitrogen and oxygen atoms in total. The van der Waals surface area contributed by atoms with Gasteiger partial charge in [0.25, 0.3) is 0 Å². The summed E-state index contributed by atoms with van der Waals surface area (Å²) in [5, 5.41) is 0. The minimum absolute atomic E-state index is 0.223. The summed E-state index contributed by atoms with van der Waals surface area (Å²) in [5.74, 6) is 0.223. The SMILES string of the molecule is CCC(CC)N(C)CCC(=O)c1ccc(Br)cc1. The molecule has 0 spiro atoms. The van der Waals surface area contributed by atoms with Crippen LogP contribution in [0.3, 0.4) is 0 Å². The Kier molecular flexibility index (Phi) is 6.58. The lowest BCUT2D eigenvalue weighted by Gasteiger charge is -2.25. The summed E-state index contributed by atoms with van der Waals surface area (Å²) in [7, 11) is 2.10. The van der Waals surface area contributed by atoms with Gasteiger partial charge in [0, 0.05) is 29.0 Å². The van der Waals surface area contributed by atoms with Crippen molar-refractivity contribution in [2.45, 2.75) is 39.2 Å². The van der Waals surface area contributed by atoms with Gasteiger partial charge in [-0.15, -0.1) is 0 Å². The molecule has 1 rings (SSSR count). The average molecular weight is 312 g/mol. The van der Waals surface area contributed by atoms with Crippen LogP contribution in [0.15, 0.2) is 28.7 Å². The zero-order valence-electron chi connectivity index (χ0n) is 11.4. The second-order valence-electron chi connectivity index (χ2n) is 4.63. The lowest BCUT2D eigenvalue weighted by molar-refractivity contribution is 0.0958. The van der Waals surface area contributed by atoms with Gasteiger partial charge in [0.15, 0.2) is 5.78 Å². The van der Waals surface area contributed by atoms with E-state index in [0.717, 1.165) is 29.4 Å². The Morgan fingerprint density at radius 2 is 1.78 bits per heavy atom. The van der Waals surface area contributed by atoms with E-state index in [1.165, 1.54) is 0 Å². The van der Waals surface area contributed by atoms with Gasteiger partial charge in [0.2, 0.25) is 0 Å². The fraction of sp³-hybridized carbons (Fsp3) is 0.533. The summed E-state index contributed by atoms with van der Waals surface area (Å²) in [6, 6.07) is 8.17. The Bertz CT molecular complexity index is 371. The Labute approximate surface area is 119 Å². The highest BCUT2D eigenvalue weighted by molar-refractivity contribution is 9.10. The zero-order valence-corrected chi connectivity index (χ0v) is 13.0. The average Bonchev–Trinajstić information content (AvgIpc) is 2.38. The topological polar surface area (TPSA) is 20.3 Å². The number of hydrogen-bond acceptors (Lipinski definition) is 2. The van der Waals surface area contributed by atoms with Gasteiger partial charge in [-0.05, 0) is 32.0 Å². The number of Topliss-reactive ketones (excluding diaryl/α,β-unsaturated/α-hetero) is 1. The van der Waals surface area contributed by atoms with Gasteiger partial charge in [0.05, 0.1) is 0 Å². The highest BCUT2D eigenvalue weighted by Gasteiger charge is 2.12. The van der Waals surface area contributed by atoms with Crippen LogP contribution < -0.4 is 0 Å². The van der Waals surface area contributed by atoms with E-state index in [1.54, 1.807) is 0 Å². The zero-order chi connectivity index (χ0) is 13.5. The maximum atomic E-state index is 12.0. The molecule has 0 aromatic heterocycles. The van der Waals surface area contributed by atoms with Crippen molar-refractivity contribution in [3.05, 3.63) is 34.3 Å². The van der Waals surface area contributed by atoms with E-state index in [-0.39, 0.29) is 5.78 Å². The van der Waals surface area contributed by atoms with E-state index in [4.69, 9.17) is 0 Å². The molecule has 0 heterocycles. The normalized spacial score (nSPS) is 11.2. The number of benzene rings is 1. The van der Waals surface area contributed by atoms with Crippen LogP contribution in [0.1, 0.15) is 43.5 Å². The first kappa shape index (κ1) is 15.4. The standard InChI is InChI=1S/C15H22BrNO/c1-4-14(5-2)17(3)11-10-15(18)12-6-8-13(16)9-7-12/h6-9,14H,4-5,10-11H2,1-3H3. The molecule has 100 valence electrons. The Morgan fingerprint density at radius 3 is 2.28 bits per heavy atom. The van der Waals surface area contributed by atoms with Crippen molar-refractivity contribution in [3.8, 4) is 0 Å². The molecule has 0 bridgehead atoms. The summed E-state index contributed by atoms with van der Waals surface area (Å²) < 4.78 is 1.01. The number of nitrogens with zero attached hydrogens (tertiary/aromatic N) is 1. The summed E-state index contributed by atoms with van der Waals surface area (Å²) in [5.41, 5.74) is 0.802. The molecule has 3 heteroatoms. The fourth-order valence-electron chi connectivity index (χ4n) is 2.15. The number of carbonyl (C=O) groups excluding carboxylic acids is 1. The molecular formula is C15H22BrNO. The molecule has 0 radical (unpaired) electrons.